The van der Waals surface area contributed by atoms with Gasteiger partial charge in [-0.3, -0.25) is 14.4 Å². The summed E-state index contributed by atoms with van der Waals surface area (Å²) in [4.78, 5) is 34.8. The first-order valence-corrected chi connectivity index (χ1v) is 5.41. The van der Waals surface area contributed by atoms with Crippen molar-refractivity contribution in [2.45, 2.75) is 33.1 Å². The van der Waals surface area contributed by atoms with Crippen LogP contribution < -0.4 is 0 Å². The third kappa shape index (κ3) is 1.81. The first kappa shape index (κ1) is 12.7. The van der Waals surface area contributed by atoms with Crippen LogP contribution in [-0.2, 0) is 19.1 Å². The van der Waals surface area contributed by atoms with Gasteiger partial charge >= 0.3 is 11.9 Å². The molecule has 2 atom stereocenters. The van der Waals surface area contributed by atoms with Gasteiger partial charge in [-0.15, -0.1) is 0 Å². The van der Waals surface area contributed by atoms with Gasteiger partial charge in [0.1, 0.15) is 0 Å². The number of carboxylic acid groups (broad SMARTS) is 1. The maximum absolute atomic E-state index is 11.9. The van der Waals surface area contributed by atoms with Gasteiger partial charge in [0, 0.05) is 5.92 Å². The van der Waals surface area contributed by atoms with E-state index in [1.54, 1.807) is 13.8 Å². The Balaban J connectivity index is 3.09. The molecule has 1 aliphatic carbocycles. The molecule has 0 bridgehead atoms. The SMILES string of the molecule is CCOC(=O)C1(C(=O)O)CCCC(C)C1=O. The zero-order chi connectivity index (χ0) is 12.3. The lowest BCUT2D eigenvalue weighted by molar-refractivity contribution is -0.175. The molecule has 90 valence electrons. The van der Waals surface area contributed by atoms with Crippen LogP contribution in [0.3, 0.4) is 0 Å². The molecule has 0 spiro atoms. The molecule has 2 unspecified atom stereocenters. The summed E-state index contributed by atoms with van der Waals surface area (Å²) in [6.07, 6.45) is 1.23. The molecule has 0 aromatic heterocycles. The molecule has 1 rings (SSSR count). The highest BCUT2D eigenvalue weighted by atomic mass is 16.5. The number of aliphatic carboxylic acids is 1. The van der Waals surface area contributed by atoms with E-state index in [2.05, 4.69) is 0 Å². The van der Waals surface area contributed by atoms with Crippen molar-refractivity contribution in [3.05, 3.63) is 0 Å². The fourth-order valence-corrected chi connectivity index (χ4v) is 2.10. The van der Waals surface area contributed by atoms with E-state index in [1.807, 2.05) is 0 Å². The summed E-state index contributed by atoms with van der Waals surface area (Å²) < 4.78 is 4.72. The Hall–Kier alpha value is -1.39. The Morgan fingerprint density at radius 1 is 1.56 bits per heavy atom. The van der Waals surface area contributed by atoms with Gasteiger partial charge in [0.05, 0.1) is 6.61 Å². The van der Waals surface area contributed by atoms with Crippen molar-refractivity contribution in [2.75, 3.05) is 6.61 Å². The van der Waals surface area contributed by atoms with Crippen LogP contribution in [-0.4, -0.2) is 29.4 Å². The van der Waals surface area contributed by atoms with Crippen molar-refractivity contribution in [1.29, 1.82) is 0 Å². The number of carbonyl (C=O) groups is 3. The summed E-state index contributed by atoms with van der Waals surface area (Å²) >= 11 is 0. The summed E-state index contributed by atoms with van der Waals surface area (Å²) in [7, 11) is 0. The zero-order valence-electron chi connectivity index (χ0n) is 9.49. The van der Waals surface area contributed by atoms with Gasteiger partial charge < -0.3 is 9.84 Å². The average molecular weight is 228 g/mol. The topological polar surface area (TPSA) is 80.7 Å². The van der Waals surface area contributed by atoms with E-state index < -0.39 is 29.1 Å². The lowest BCUT2D eigenvalue weighted by atomic mass is 9.69. The van der Waals surface area contributed by atoms with Crippen molar-refractivity contribution in [3.63, 3.8) is 0 Å². The van der Waals surface area contributed by atoms with Crippen LogP contribution in [0.2, 0.25) is 0 Å². The maximum Gasteiger partial charge on any atom is 0.331 e. The molecule has 5 nitrogen and oxygen atoms in total. The monoisotopic (exact) mass is 228 g/mol. The number of ether oxygens (including phenoxy) is 1. The van der Waals surface area contributed by atoms with Gasteiger partial charge in [-0.2, -0.15) is 0 Å². The molecule has 16 heavy (non-hydrogen) atoms. The number of ketones is 1. The van der Waals surface area contributed by atoms with Gasteiger partial charge in [-0.05, 0) is 19.8 Å². The van der Waals surface area contributed by atoms with Gasteiger partial charge in [-0.1, -0.05) is 13.3 Å². The third-order valence-corrected chi connectivity index (χ3v) is 3.05. The number of Topliss-reactive ketones (excluding diaryl/α,β-unsaturated/α-hetero) is 1. The van der Waals surface area contributed by atoms with Crippen LogP contribution in [0.15, 0.2) is 0 Å². The summed E-state index contributed by atoms with van der Waals surface area (Å²) in [6, 6.07) is 0. The minimum absolute atomic E-state index is 0.0460. The fraction of sp³-hybridized carbons (Fsp3) is 0.727. The fourth-order valence-electron chi connectivity index (χ4n) is 2.10. The molecule has 0 amide bonds. The number of esters is 1. The standard InChI is InChI=1S/C11H16O5/c1-3-16-10(15)11(9(13)14)6-4-5-7(2)8(11)12/h7H,3-6H2,1-2H3,(H,13,14). The lowest BCUT2D eigenvalue weighted by Gasteiger charge is -2.32. The van der Waals surface area contributed by atoms with Crippen LogP contribution in [0.5, 0.6) is 0 Å². The van der Waals surface area contributed by atoms with E-state index >= 15 is 0 Å². The molecular weight excluding hydrogens is 212 g/mol. The van der Waals surface area contributed by atoms with E-state index in [0.717, 1.165) is 0 Å². The van der Waals surface area contributed by atoms with Gasteiger partial charge in [0.25, 0.3) is 0 Å². The highest BCUT2D eigenvalue weighted by Crippen LogP contribution is 2.37. The molecule has 0 aliphatic heterocycles. The normalized spacial score (nSPS) is 29.9. The molecule has 1 fully saturated rings. The lowest BCUT2D eigenvalue weighted by Crippen LogP contribution is -2.51. The summed E-state index contributed by atoms with van der Waals surface area (Å²) in [5.74, 6) is -3.22. The minimum Gasteiger partial charge on any atom is -0.480 e. The molecule has 1 aliphatic rings. The highest BCUT2D eigenvalue weighted by Gasteiger charge is 2.56. The van der Waals surface area contributed by atoms with Crippen LogP contribution in [0.4, 0.5) is 0 Å². The van der Waals surface area contributed by atoms with Gasteiger partial charge in [0.2, 0.25) is 5.41 Å². The predicted molar refractivity (Wildman–Crippen MR) is 54.7 cm³/mol. The van der Waals surface area contributed by atoms with E-state index in [-0.39, 0.29) is 13.0 Å². The highest BCUT2D eigenvalue weighted by molar-refractivity contribution is 6.20. The molecule has 0 aromatic rings. The van der Waals surface area contributed by atoms with Gasteiger partial charge in [0.15, 0.2) is 5.78 Å². The first-order chi connectivity index (χ1) is 7.46. The van der Waals surface area contributed by atoms with Crippen molar-refractivity contribution in [3.8, 4) is 0 Å². The number of hydrogen-bond donors (Lipinski definition) is 1. The Bertz CT molecular complexity index is 322. The Labute approximate surface area is 93.8 Å². The molecule has 1 saturated carbocycles. The van der Waals surface area contributed by atoms with Gasteiger partial charge in [-0.25, -0.2) is 0 Å². The van der Waals surface area contributed by atoms with E-state index in [0.29, 0.717) is 12.8 Å². The minimum atomic E-state index is -1.96. The van der Waals surface area contributed by atoms with E-state index in [9.17, 15) is 14.4 Å². The Morgan fingerprint density at radius 3 is 2.69 bits per heavy atom. The van der Waals surface area contributed by atoms with Crippen molar-refractivity contribution >= 4 is 17.7 Å². The number of carbonyl (C=O) groups excluding carboxylic acids is 2. The van der Waals surface area contributed by atoms with Crippen LogP contribution in [0.25, 0.3) is 0 Å². The van der Waals surface area contributed by atoms with Crippen molar-refractivity contribution < 1.29 is 24.2 Å². The zero-order valence-corrected chi connectivity index (χ0v) is 9.49. The summed E-state index contributed by atoms with van der Waals surface area (Å²) in [5, 5.41) is 9.15. The van der Waals surface area contributed by atoms with Crippen LogP contribution in [0.1, 0.15) is 33.1 Å². The predicted octanol–water partition coefficient (Wildman–Crippen LogP) is 1.01. The molecular formula is C11H16O5. The quantitative estimate of drug-likeness (QED) is 0.576. The Kier molecular flexibility index (Phi) is 3.67. The number of rotatable bonds is 3. The second kappa shape index (κ2) is 4.63. The summed E-state index contributed by atoms with van der Waals surface area (Å²) in [6.45, 7) is 3.32. The average Bonchev–Trinajstić information content (AvgIpc) is 2.22. The molecule has 5 heteroatoms. The van der Waals surface area contributed by atoms with E-state index in [4.69, 9.17) is 9.84 Å². The van der Waals surface area contributed by atoms with Crippen LogP contribution in [0, 0.1) is 11.3 Å². The molecule has 0 saturated heterocycles. The first-order valence-electron chi connectivity index (χ1n) is 5.41. The smallest absolute Gasteiger partial charge is 0.331 e. The number of hydrogen-bond acceptors (Lipinski definition) is 4. The number of carboxylic acids is 1. The molecule has 0 heterocycles. The van der Waals surface area contributed by atoms with Crippen molar-refractivity contribution in [1.82, 2.24) is 0 Å². The Morgan fingerprint density at radius 2 is 2.19 bits per heavy atom. The second-order valence-corrected chi connectivity index (χ2v) is 4.09. The molecule has 0 aromatic carbocycles. The summed E-state index contributed by atoms with van der Waals surface area (Å²) in [5.41, 5.74) is -1.96. The van der Waals surface area contributed by atoms with Crippen LogP contribution >= 0.6 is 0 Å². The second-order valence-electron chi connectivity index (χ2n) is 4.09. The maximum atomic E-state index is 11.9. The van der Waals surface area contributed by atoms with E-state index in [1.165, 1.54) is 0 Å². The molecule has 0 radical (unpaired) electrons. The largest absolute Gasteiger partial charge is 0.480 e. The molecule has 1 N–H and O–H groups in total. The van der Waals surface area contributed by atoms with Crippen molar-refractivity contribution in [2.24, 2.45) is 11.3 Å². The third-order valence-electron chi connectivity index (χ3n) is 3.05.